The highest BCUT2D eigenvalue weighted by atomic mass is 16.1. The molecule has 0 atom stereocenters. The van der Waals surface area contributed by atoms with E-state index in [0.29, 0.717) is 11.3 Å². The molecular weight excluding hydrogens is 214 g/mol. The topological polar surface area (TPSA) is 57.2 Å². The Morgan fingerprint density at radius 2 is 1.47 bits per heavy atom. The van der Waals surface area contributed by atoms with Gasteiger partial charge in [0.15, 0.2) is 4.98 Å². The van der Waals surface area contributed by atoms with Gasteiger partial charge in [0.25, 0.3) is 0 Å². The largest absolute Gasteiger partial charge is 0.385 e. The molecule has 0 saturated carbocycles. The minimum absolute atomic E-state index is 0.506. The monoisotopic (exact) mass is 224 g/mol. The Morgan fingerprint density at radius 3 is 1.94 bits per heavy atom. The Hall–Kier alpha value is -2.67. The molecule has 0 spiro atoms. The molecule has 17 heavy (non-hydrogen) atoms. The van der Waals surface area contributed by atoms with Crippen LogP contribution >= 0.6 is 0 Å². The van der Waals surface area contributed by atoms with E-state index < -0.39 is 0 Å². The molecule has 2 rings (SSSR count). The van der Waals surface area contributed by atoms with Crippen molar-refractivity contribution in [2.24, 2.45) is 0 Å². The predicted octanol–water partition coefficient (Wildman–Crippen LogP) is 3.73. The van der Waals surface area contributed by atoms with Gasteiger partial charge in [-0.25, -0.2) is 0 Å². The minimum Gasteiger partial charge on any atom is -0.356 e. The van der Waals surface area contributed by atoms with E-state index in [1.54, 1.807) is 24.3 Å². The van der Waals surface area contributed by atoms with Crippen LogP contribution in [0.2, 0.25) is 0 Å². The van der Waals surface area contributed by atoms with Gasteiger partial charge in [-0.1, -0.05) is 0 Å². The molecule has 0 amide bonds. The van der Waals surface area contributed by atoms with Crippen LogP contribution < -0.4 is 5.32 Å². The molecule has 2 aromatic rings. The van der Waals surface area contributed by atoms with Crippen LogP contribution in [0.5, 0.6) is 0 Å². The van der Waals surface area contributed by atoms with Gasteiger partial charge in [-0.3, -0.25) is 4.79 Å². The number of nitrogens with one attached hydrogen (secondary N) is 1. The average molecular weight is 224 g/mol. The SMILES string of the molecule is N#[N+]c1ccc(Nc2ccc(C=O)cc2)cc1. The summed E-state index contributed by atoms with van der Waals surface area (Å²) in [6, 6.07) is 14.2. The van der Waals surface area contributed by atoms with Crippen molar-refractivity contribution in [2.75, 3.05) is 5.32 Å². The Labute approximate surface area is 98.5 Å². The van der Waals surface area contributed by atoms with Crippen LogP contribution in [0.4, 0.5) is 17.1 Å². The maximum atomic E-state index is 10.5. The maximum Gasteiger partial charge on any atom is 0.385 e. The summed E-state index contributed by atoms with van der Waals surface area (Å²) < 4.78 is 0. The van der Waals surface area contributed by atoms with Crippen molar-refractivity contribution in [3.05, 3.63) is 59.1 Å². The van der Waals surface area contributed by atoms with Gasteiger partial charge >= 0.3 is 5.69 Å². The fourth-order valence-electron chi connectivity index (χ4n) is 1.42. The van der Waals surface area contributed by atoms with Gasteiger partial charge in [-0.05, 0) is 36.4 Å². The van der Waals surface area contributed by atoms with Crippen LogP contribution in [0.1, 0.15) is 10.4 Å². The zero-order valence-corrected chi connectivity index (χ0v) is 9.00. The van der Waals surface area contributed by atoms with Crippen molar-refractivity contribution in [3.63, 3.8) is 0 Å². The van der Waals surface area contributed by atoms with Gasteiger partial charge in [-0.2, -0.15) is 0 Å². The lowest BCUT2D eigenvalue weighted by Crippen LogP contribution is -1.89. The maximum absolute atomic E-state index is 10.5. The third kappa shape index (κ3) is 2.67. The van der Waals surface area contributed by atoms with Crippen LogP contribution in [0.25, 0.3) is 4.98 Å². The molecule has 1 N–H and O–H groups in total. The molecule has 0 heterocycles. The van der Waals surface area contributed by atoms with E-state index in [-0.39, 0.29) is 0 Å². The van der Waals surface area contributed by atoms with E-state index >= 15 is 0 Å². The van der Waals surface area contributed by atoms with Gasteiger partial charge in [0.2, 0.25) is 5.39 Å². The standard InChI is InChI=1S/C13H9N3O/c14-16-13-7-5-12(6-8-13)15-11-3-1-10(9-17)2-4-11/h1-9H/p+1. The summed E-state index contributed by atoms with van der Waals surface area (Å²) in [5.74, 6) is 0. The van der Waals surface area contributed by atoms with E-state index in [1.165, 1.54) is 0 Å². The first-order valence-electron chi connectivity index (χ1n) is 5.09. The Morgan fingerprint density at radius 1 is 0.941 bits per heavy atom. The third-order valence-corrected chi connectivity index (χ3v) is 2.32. The Kier molecular flexibility index (Phi) is 3.13. The zero-order chi connectivity index (χ0) is 12.1. The summed E-state index contributed by atoms with van der Waals surface area (Å²) in [6.45, 7) is 0. The molecule has 2 aromatic carbocycles. The number of nitrogens with zero attached hydrogens (tertiary/aromatic N) is 2. The van der Waals surface area contributed by atoms with Crippen molar-refractivity contribution in [1.29, 1.82) is 5.39 Å². The van der Waals surface area contributed by atoms with Crippen LogP contribution in [-0.2, 0) is 0 Å². The van der Waals surface area contributed by atoms with Crippen LogP contribution in [0, 0.1) is 5.39 Å². The number of carbonyl (C=O) groups excluding carboxylic acids is 1. The second-order valence-electron chi connectivity index (χ2n) is 3.51. The highest BCUT2D eigenvalue weighted by Crippen LogP contribution is 2.20. The van der Waals surface area contributed by atoms with Gasteiger partial charge < -0.3 is 5.32 Å². The first-order chi connectivity index (χ1) is 8.31. The second-order valence-corrected chi connectivity index (χ2v) is 3.51. The lowest BCUT2D eigenvalue weighted by Gasteiger charge is -2.05. The van der Waals surface area contributed by atoms with E-state index in [9.17, 15) is 4.79 Å². The summed E-state index contributed by atoms with van der Waals surface area (Å²) in [6.07, 6.45) is 0.807. The van der Waals surface area contributed by atoms with E-state index in [4.69, 9.17) is 5.39 Å². The predicted molar refractivity (Wildman–Crippen MR) is 66.3 cm³/mol. The fourth-order valence-corrected chi connectivity index (χ4v) is 1.42. The summed E-state index contributed by atoms with van der Waals surface area (Å²) in [5, 5.41) is 11.7. The molecule has 0 radical (unpaired) electrons. The van der Waals surface area contributed by atoms with E-state index in [1.807, 2.05) is 24.3 Å². The highest BCUT2D eigenvalue weighted by molar-refractivity contribution is 5.76. The Balaban J connectivity index is 2.14. The summed E-state index contributed by atoms with van der Waals surface area (Å²) in [4.78, 5) is 13.6. The molecule has 82 valence electrons. The molecule has 0 saturated heterocycles. The second kappa shape index (κ2) is 4.90. The number of diazo groups is 1. The zero-order valence-electron chi connectivity index (χ0n) is 9.00. The molecular formula is C13H10N3O+. The number of aldehydes is 1. The number of hydrogen-bond donors (Lipinski definition) is 1. The van der Waals surface area contributed by atoms with Gasteiger partial charge in [-0.15, -0.1) is 0 Å². The van der Waals surface area contributed by atoms with Gasteiger partial charge in [0, 0.05) is 29.1 Å². The number of hydrogen-bond acceptors (Lipinski definition) is 3. The summed E-state index contributed by atoms with van der Waals surface area (Å²) >= 11 is 0. The average Bonchev–Trinajstić information content (AvgIpc) is 2.40. The van der Waals surface area contributed by atoms with Crippen molar-refractivity contribution in [1.82, 2.24) is 0 Å². The molecule has 0 aliphatic heterocycles. The fraction of sp³-hybridized carbons (Fsp3) is 0. The molecule has 4 nitrogen and oxygen atoms in total. The smallest absolute Gasteiger partial charge is 0.356 e. The van der Waals surface area contributed by atoms with Crippen molar-refractivity contribution in [2.45, 2.75) is 0 Å². The molecule has 0 fully saturated rings. The molecule has 0 aliphatic rings. The first kappa shape index (κ1) is 10.8. The van der Waals surface area contributed by atoms with Gasteiger partial charge in [0.1, 0.15) is 6.29 Å². The van der Waals surface area contributed by atoms with Crippen LogP contribution in [0.15, 0.2) is 48.5 Å². The van der Waals surface area contributed by atoms with Gasteiger partial charge in [0.05, 0.1) is 0 Å². The molecule has 4 heteroatoms. The van der Waals surface area contributed by atoms with Crippen LogP contribution in [0.3, 0.4) is 0 Å². The summed E-state index contributed by atoms with van der Waals surface area (Å²) in [7, 11) is 0. The third-order valence-electron chi connectivity index (χ3n) is 2.32. The van der Waals surface area contributed by atoms with Crippen molar-refractivity contribution in [3.8, 4) is 0 Å². The summed E-state index contributed by atoms with van der Waals surface area (Å²) in [5.41, 5.74) is 2.93. The Bertz CT molecular complexity index is 553. The highest BCUT2D eigenvalue weighted by Gasteiger charge is 2.02. The number of anilines is 2. The molecule has 0 bridgehead atoms. The number of rotatable bonds is 3. The number of benzene rings is 2. The molecule has 0 unspecified atom stereocenters. The molecule has 0 aromatic heterocycles. The van der Waals surface area contributed by atoms with Crippen LogP contribution in [-0.4, -0.2) is 6.29 Å². The van der Waals surface area contributed by atoms with Crippen molar-refractivity contribution >= 4 is 23.3 Å². The number of carbonyl (C=O) groups is 1. The molecule has 0 aliphatic carbocycles. The first-order valence-corrected chi connectivity index (χ1v) is 5.09. The van der Waals surface area contributed by atoms with E-state index in [2.05, 4.69) is 10.3 Å². The van der Waals surface area contributed by atoms with E-state index in [0.717, 1.165) is 17.7 Å². The minimum atomic E-state index is 0.506. The normalized spacial score (nSPS) is 9.35. The van der Waals surface area contributed by atoms with Crippen molar-refractivity contribution < 1.29 is 4.79 Å². The quantitative estimate of drug-likeness (QED) is 0.638. The lowest BCUT2D eigenvalue weighted by atomic mass is 10.2. The lowest BCUT2D eigenvalue weighted by molar-refractivity contribution is 0.112.